The number of H-pyrrole nitrogens is 1. The van der Waals surface area contributed by atoms with E-state index in [1.807, 2.05) is 36.0 Å². The van der Waals surface area contributed by atoms with Gasteiger partial charge in [-0.1, -0.05) is 6.07 Å². The molecule has 1 aliphatic rings. The summed E-state index contributed by atoms with van der Waals surface area (Å²) in [4.78, 5) is 0. The summed E-state index contributed by atoms with van der Waals surface area (Å²) < 4.78 is 0. The van der Waals surface area contributed by atoms with E-state index in [-0.39, 0.29) is 5.75 Å². The minimum absolute atomic E-state index is 0.254. The third-order valence-electron chi connectivity index (χ3n) is 5.22. The number of aromatic hydroxyl groups is 1. The average molecular weight is 369 g/mol. The number of aromatic amines is 1. The van der Waals surface area contributed by atoms with Crippen molar-refractivity contribution in [2.24, 2.45) is 0 Å². The van der Waals surface area contributed by atoms with Crippen LogP contribution in [0.2, 0.25) is 0 Å². The molecule has 0 spiro atoms. The monoisotopic (exact) mass is 369 g/mol. The van der Waals surface area contributed by atoms with Crippen LogP contribution >= 0.6 is 11.3 Å². The molecule has 0 saturated carbocycles. The lowest BCUT2D eigenvalue weighted by atomic mass is 9.93. The largest absolute Gasteiger partial charge is 0.508 e. The van der Waals surface area contributed by atoms with Crippen LogP contribution < -0.4 is 0 Å². The highest BCUT2D eigenvalue weighted by Crippen LogP contribution is 2.46. The zero-order valence-electron chi connectivity index (χ0n) is 14.6. The van der Waals surface area contributed by atoms with Crippen LogP contribution in [-0.4, -0.2) is 15.3 Å². The molecule has 0 aliphatic heterocycles. The summed E-state index contributed by atoms with van der Waals surface area (Å²) in [5, 5.41) is 31.8. The number of aromatic nitrogens is 2. The summed E-state index contributed by atoms with van der Waals surface area (Å²) in [7, 11) is 0. The van der Waals surface area contributed by atoms with Gasteiger partial charge in [0, 0.05) is 16.3 Å². The predicted molar refractivity (Wildman–Crippen MR) is 108 cm³/mol. The summed E-state index contributed by atoms with van der Waals surface area (Å²) in [5.41, 5.74) is 9.24. The van der Waals surface area contributed by atoms with E-state index < -0.39 is 0 Å². The fraction of sp³-hybridized carbons (Fsp3) is 0.0909. The van der Waals surface area contributed by atoms with Gasteiger partial charge in [0.25, 0.3) is 0 Å². The first-order valence-electron chi connectivity index (χ1n) is 8.62. The molecule has 1 aliphatic carbocycles. The van der Waals surface area contributed by atoms with Gasteiger partial charge in [-0.3, -0.25) is 5.10 Å². The van der Waals surface area contributed by atoms with E-state index >= 15 is 0 Å². The molecule has 2 aromatic heterocycles. The Morgan fingerprint density at radius 2 is 2.07 bits per heavy atom. The molecule has 2 aromatic carbocycles. The number of allylic oxidation sites excluding steroid dienone is 1. The summed E-state index contributed by atoms with van der Waals surface area (Å²) in [6, 6.07) is 12.2. The van der Waals surface area contributed by atoms with Crippen molar-refractivity contribution < 1.29 is 5.11 Å². The normalized spacial score (nSPS) is 13.2. The maximum Gasteiger partial charge on any atom is 0.116 e. The fourth-order valence-corrected chi connectivity index (χ4v) is 4.71. The Labute approximate surface area is 160 Å². The molecule has 5 rings (SSSR count). The number of phenols is 1. The number of hydrogen-bond acceptors (Lipinski definition) is 4. The molecule has 0 unspecified atom stereocenters. The van der Waals surface area contributed by atoms with Crippen LogP contribution in [0.15, 0.2) is 47.3 Å². The lowest BCUT2D eigenvalue weighted by molar-refractivity contribution is 0.474. The molecule has 0 radical (unpaired) electrons. The van der Waals surface area contributed by atoms with E-state index in [0.29, 0.717) is 5.56 Å². The molecule has 0 atom stereocenters. The van der Waals surface area contributed by atoms with Crippen molar-refractivity contribution in [2.45, 2.75) is 13.3 Å². The third-order valence-corrected chi connectivity index (χ3v) is 5.97. The van der Waals surface area contributed by atoms with Crippen LogP contribution in [0.1, 0.15) is 33.4 Å². The van der Waals surface area contributed by atoms with Gasteiger partial charge in [-0.25, -0.2) is 0 Å². The topological polar surface area (TPSA) is 72.7 Å². The Bertz CT molecular complexity index is 1290. The predicted octanol–water partition coefficient (Wildman–Crippen LogP) is 5.03. The standard InChI is InChI=1S/C22H15N3OS/c1-12-4-16(26)6-19-17(12)7-18(22(19)20-11-27-10-15(20)8-23)13-2-3-21-14(5-13)9-24-25-21/h2-6,9-11,26H,7H2,1H3,(H,24,25). The Kier molecular flexibility index (Phi) is 3.43. The zero-order valence-corrected chi connectivity index (χ0v) is 15.4. The van der Waals surface area contributed by atoms with Gasteiger partial charge in [-0.2, -0.15) is 21.7 Å². The minimum atomic E-state index is 0.254. The molecule has 2 N–H and O–H groups in total. The quantitative estimate of drug-likeness (QED) is 0.521. The van der Waals surface area contributed by atoms with Gasteiger partial charge in [0.15, 0.2) is 0 Å². The Hall–Kier alpha value is -3.36. The van der Waals surface area contributed by atoms with Gasteiger partial charge < -0.3 is 5.11 Å². The number of thiophene rings is 1. The molecule has 4 nitrogen and oxygen atoms in total. The second kappa shape index (κ2) is 5.83. The van der Waals surface area contributed by atoms with Gasteiger partial charge >= 0.3 is 0 Å². The molecule has 2 heterocycles. The van der Waals surface area contributed by atoms with E-state index in [0.717, 1.165) is 45.2 Å². The summed E-state index contributed by atoms with van der Waals surface area (Å²) >= 11 is 1.53. The highest BCUT2D eigenvalue weighted by atomic mass is 32.1. The first kappa shape index (κ1) is 15.9. The van der Waals surface area contributed by atoms with Crippen molar-refractivity contribution in [1.82, 2.24) is 10.2 Å². The lowest BCUT2D eigenvalue weighted by Crippen LogP contribution is -1.91. The third kappa shape index (κ3) is 2.38. The van der Waals surface area contributed by atoms with Crippen LogP contribution in [0.5, 0.6) is 5.75 Å². The molecule has 4 aromatic rings. The van der Waals surface area contributed by atoms with Crippen molar-refractivity contribution in [1.29, 1.82) is 5.26 Å². The molecule has 0 bridgehead atoms. The maximum absolute atomic E-state index is 10.2. The molecule has 0 amide bonds. The van der Waals surface area contributed by atoms with Gasteiger partial charge in [0.05, 0.1) is 17.3 Å². The zero-order chi connectivity index (χ0) is 18.5. The highest BCUT2D eigenvalue weighted by molar-refractivity contribution is 7.08. The number of nitriles is 1. The van der Waals surface area contributed by atoms with Crippen LogP contribution in [0.3, 0.4) is 0 Å². The van der Waals surface area contributed by atoms with Crippen LogP contribution in [0.4, 0.5) is 0 Å². The summed E-state index contributed by atoms with van der Waals surface area (Å²) in [6.45, 7) is 2.03. The summed E-state index contributed by atoms with van der Waals surface area (Å²) in [5.74, 6) is 0.254. The van der Waals surface area contributed by atoms with Crippen LogP contribution in [0.25, 0.3) is 22.0 Å². The molecule has 0 saturated heterocycles. The molecular weight excluding hydrogens is 354 g/mol. The van der Waals surface area contributed by atoms with Crippen molar-refractivity contribution in [3.8, 4) is 11.8 Å². The SMILES string of the molecule is Cc1cc(O)cc2c1CC(c1ccc3[nH]ncc3c1)=C2c1cscc1C#N. The van der Waals surface area contributed by atoms with Gasteiger partial charge in [0.2, 0.25) is 0 Å². The van der Waals surface area contributed by atoms with E-state index in [4.69, 9.17) is 0 Å². The second-order valence-corrected chi connectivity index (χ2v) is 7.55. The second-order valence-electron chi connectivity index (χ2n) is 6.80. The maximum atomic E-state index is 10.2. The van der Waals surface area contributed by atoms with Gasteiger partial charge in [-0.05, 0) is 76.4 Å². The summed E-state index contributed by atoms with van der Waals surface area (Å²) in [6.07, 6.45) is 2.60. The van der Waals surface area contributed by atoms with Crippen LogP contribution in [-0.2, 0) is 6.42 Å². The smallest absolute Gasteiger partial charge is 0.116 e. The first-order chi connectivity index (χ1) is 13.2. The van der Waals surface area contributed by atoms with E-state index in [1.165, 1.54) is 22.5 Å². The number of aryl methyl sites for hydroxylation is 1. The first-order valence-corrected chi connectivity index (χ1v) is 9.56. The number of nitrogens with one attached hydrogen (secondary N) is 1. The van der Waals surface area contributed by atoms with Crippen molar-refractivity contribution >= 4 is 33.4 Å². The van der Waals surface area contributed by atoms with Gasteiger partial charge in [-0.15, -0.1) is 0 Å². The average Bonchev–Trinajstić information content (AvgIpc) is 3.37. The van der Waals surface area contributed by atoms with Crippen LogP contribution in [0, 0.1) is 18.3 Å². The number of nitrogens with zero attached hydrogens (tertiary/aromatic N) is 2. The Morgan fingerprint density at radius 1 is 1.19 bits per heavy atom. The molecular formula is C22H15N3OS. The Balaban J connectivity index is 1.82. The van der Waals surface area contributed by atoms with E-state index in [2.05, 4.69) is 28.4 Å². The van der Waals surface area contributed by atoms with Gasteiger partial charge in [0.1, 0.15) is 11.8 Å². The number of hydrogen-bond donors (Lipinski definition) is 2. The van der Waals surface area contributed by atoms with E-state index in [9.17, 15) is 10.4 Å². The van der Waals surface area contributed by atoms with Crippen molar-refractivity contribution in [3.05, 3.63) is 80.7 Å². The number of fused-ring (bicyclic) bond motifs is 2. The van der Waals surface area contributed by atoms with Crippen molar-refractivity contribution in [2.75, 3.05) is 0 Å². The number of phenolic OH excluding ortho intramolecular Hbond substituents is 1. The van der Waals surface area contributed by atoms with E-state index in [1.54, 1.807) is 6.07 Å². The molecule has 130 valence electrons. The molecule has 5 heteroatoms. The molecule has 0 fully saturated rings. The number of benzene rings is 2. The number of rotatable bonds is 2. The fourth-order valence-electron chi connectivity index (χ4n) is 3.95. The molecule has 27 heavy (non-hydrogen) atoms. The lowest BCUT2D eigenvalue weighted by Gasteiger charge is -2.10. The Morgan fingerprint density at radius 3 is 2.93 bits per heavy atom. The minimum Gasteiger partial charge on any atom is -0.508 e. The van der Waals surface area contributed by atoms with Crippen molar-refractivity contribution in [3.63, 3.8) is 0 Å². The highest BCUT2D eigenvalue weighted by Gasteiger charge is 2.28.